The van der Waals surface area contributed by atoms with E-state index in [1.807, 2.05) is 0 Å². The van der Waals surface area contributed by atoms with E-state index in [4.69, 9.17) is 0 Å². The maximum absolute atomic E-state index is 12.7. The molecule has 0 heterocycles. The van der Waals surface area contributed by atoms with Crippen LogP contribution in [0, 0.1) is 17.8 Å². The molecular weight excluding hydrogens is 306 g/mol. The lowest BCUT2D eigenvalue weighted by Crippen LogP contribution is -2.53. The zero-order valence-electron chi connectivity index (χ0n) is 14.4. The number of rotatable bonds is 3. The van der Waals surface area contributed by atoms with E-state index in [0.29, 0.717) is 37.1 Å². The van der Waals surface area contributed by atoms with Gasteiger partial charge in [-0.05, 0) is 43.4 Å². The molecule has 3 rings (SSSR count). The quantitative estimate of drug-likeness (QED) is 0.805. The first-order chi connectivity index (χ1) is 11.6. The first kappa shape index (κ1) is 17.4. The molecule has 0 aliphatic heterocycles. The number of carbonyl (C=O) groups is 3. The van der Waals surface area contributed by atoms with E-state index in [1.165, 1.54) is 24.2 Å². The molecule has 3 fully saturated rings. The van der Waals surface area contributed by atoms with Crippen molar-refractivity contribution in [3.8, 4) is 0 Å². The van der Waals surface area contributed by atoms with Crippen LogP contribution in [0.15, 0.2) is 0 Å². The van der Waals surface area contributed by atoms with Crippen LogP contribution in [0.25, 0.3) is 0 Å². The molecule has 0 bridgehead atoms. The minimum atomic E-state index is -1.43. The number of hydrogen-bond donors (Lipinski definition) is 1. The third kappa shape index (κ3) is 3.81. The van der Waals surface area contributed by atoms with E-state index < -0.39 is 17.9 Å². The Morgan fingerprint density at radius 1 is 0.958 bits per heavy atom. The average molecular weight is 335 g/mol. The SMILES string of the molecule is O=C(O)C(=O)N(CC1CCCCC1)C1CC2CCCCC2CC1=O. The van der Waals surface area contributed by atoms with Gasteiger partial charge in [0.2, 0.25) is 0 Å². The highest BCUT2D eigenvalue weighted by Gasteiger charge is 2.42. The topological polar surface area (TPSA) is 74.7 Å². The molecule has 1 N–H and O–H groups in total. The molecule has 24 heavy (non-hydrogen) atoms. The Bertz CT molecular complexity index is 498. The Kier molecular flexibility index (Phi) is 5.57. The molecule has 3 aliphatic carbocycles. The van der Waals surface area contributed by atoms with E-state index in [2.05, 4.69) is 0 Å². The highest BCUT2D eigenvalue weighted by Crippen LogP contribution is 2.41. The van der Waals surface area contributed by atoms with Gasteiger partial charge in [-0.2, -0.15) is 0 Å². The standard InChI is InChI=1S/C19H29NO4/c21-17-11-15-9-5-4-8-14(15)10-16(17)20(18(22)19(23)24)12-13-6-2-1-3-7-13/h13-16H,1-12H2,(H,23,24). The Labute approximate surface area is 143 Å². The first-order valence-corrected chi connectivity index (χ1v) is 9.63. The lowest BCUT2D eigenvalue weighted by atomic mass is 9.68. The van der Waals surface area contributed by atoms with E-state index in [0.717, 1.165) is 38.5 Å². The number of nitrogens with zero attached hydrogens (tertiary/aromatic N) is 1. The highest BCUT2D eigenvalue weighted by atomic mass is 16.4. The monoisotopic (exact) mass is 335 g/mol. The zero-order valence-corrected chi connectivity index (χ0v) is 14.4. The minimum Gasteiger partial charge on any atom is -0.474 e. The van der Waals surface area contributed by atoms with Gasteiger partial charge in [-0.15, -0.1) is 0 Å². The Balaban J connectivity index is 1.74. The molecule has 0 aromatic rings. The van der Waals surface area contributed by atoms with Crippen molar-refractivity contribution < 1.29 is 19.5 Å². The number of carboxylic acid groups (broad SMARTS) is 1. The Morgan fingerprint density at radius 2 is 1.58 bits per heavy atom. The first-order valence-electron chi connectivity index (χ1n) is 9.63. The molecule has 3 aliphatic rings. The molecule has 0 radical (unpaired) electrons. The molecular formula is C19H29NO4. The highest BCUT2D eigenvalue weighted by molar-refractivity contribution is 6.31. The summed E-state index contributed by atoms with van der Waals surface area (Å²) in [6, 6.07) is -0.505. The molecule has 3 atom stereocenters. The third-order valence-corrected chi connectivity index (χ3v) is 6.43. The van der Waals surface area contributed by atoms with Gasteiger partial charge < -0.3 is 10.0 Å². The largest absolute Gasteiger partial charge is 0.474 e. The Hall–Kier alpha value is -1.39. The summed E-state index contributed by atoms with van der Waals surface area (Å²) in [6.45, 7) is 0.443. The van der Waals surface area contributed by atoms with Gasteiger partial charge >= 0.3 is 11.9 Å². The number of ketones is 1. The van der Waals surface area contributed by atoms with Crippen LogP contribution in [0.5, 0.6) is 0 Å². The van der Waals surface area contributed by atoms with Crippen molar-refractivity contribution >= 4 is 17.7 Å². The molecule has 134 valence electrons. The predicted molar refractivity (Wildman–Crippen MR) is 89.4 cm³/mol. The van der Waals surface area contributed by atoms with E-state index in [9.17, 15) is 19.5 Å². The Morgan fingerprint density at radius 3 is 2.25 bits per heavy atom. The smallest absolute Gasteiger partial charge is 0.394 e. The van der Waals surface area contributed by atoms with Gasteiger partial charge in [-0.25, -0.2) is 4.79 Å². The second-order valence-corrected chi connectivity index (χ2v) is 7.99. The van der Waals surface area contributed by atoms with Gasteiger partial charge in [-0.1, -0.05) is 38.5 Å². The summed E-state index contributed by atoms with van der Waals surface area (Å²) in [4.78, 5) is 37.7. The van der Waals surface area contributed by atoms with Gasteiger partial charge in [0.1, 0.15) is 0 Å². The van der Waals surface area contributed by atoms with Crippen LogP contribution < -0.4 is 0 Å². The van der Waals surface area contributed by atoms with Crippen LogP contribution in [-0.2, 0) is 14.4 Å². The van der Waals surface area contributed by atoms with E-state index in [1.54, 1.807) is 0 Å². The van der Waals surface area contributed by atoms with Gasteiger partial charge in [0.25, 0.3) is 0 Å². The van der Waals surface area contributed by atoms with Crippen molar-refractivity contribution in [1.29, 1.82) is 0 Å². The number of aliphatic carboxylic acids is 1. The van der Waals surface area contributed by atoms with E-state index >= 15 is 0 Å². The number of Topliss-reactive ketones (excluding diaryl/α,β-unsaturated/α-hetero) is 1. The molecule has 0 spiro atoms. The fourth-order valence-electron chi connectivity index (χ4n) is 5.10. The number of carboxylic acids is 1. The summed E-state index contributed by atoms with van der Waals surface area (Å²) in [7, 11) is 0. The lowest BCUT2D eigenvalue weighted by molar-refractivity contribution is -0.160. The fraction of sp³-hybridized carbons (Fsp3) is 0.842. The summed E-state index contributed by atoms with van der Waals surface area (Å²) in [5.41, 5.74) is 0. The molecule has 5 nitrogen and oxygen atoms in total. The van der Waals surface area contributed by atoms with E-state index in [-0.39, 0.29) is 5.78 Å². The summed E-state index contributed by atoms with van der Waals surface area (Å²) in [5, 5.41) is 9.23. The second kappa shape index (κ2) is 7.66. The minimum absolute atomic E-state index is 0.0866. The third-order valence-electron chi connectivity index (χ3n) is 6.43. The van der Waals surface area contributed by atoms with Crippen molar-refractivity contribution in [3.63, 3.8) is 0 Å². The van der Waals surface area contributed by atoms with Crippen LogP contribution >= 0.6 is 0 Å². The number of fused-ring (bicyclic) bond motifs is 1. The lowest BCUT2D eigenvalue weighted by Gasteiger charge is -2.43. The van der Waals surface area contributed by atoms with Crippen molar-refractivity contribution in [3.05, 3.63) is 0 Å². The molecule has 1 amide bonds. The summed E-state index contributed by atoms with van der Waals surface area (Å²) in [5.74, 6) is -0.934. The van der Waals surface area contributed by atoms with Crippen molar-refractivity contribution in [2.24, 2.45) is 17.8 Å². The van der Waals surface area contributed by atoms with Gasteiger partial charge in [0.15, 0.2) is 5.78 Å². The molecule has 0 aromatic carbocycles. The fourth-order valence-corrected chi connectivity index (χ4v) is 5.10. The van der Waals surface area contributed by atoms with Crippen molar-refractivity contribution in [1.82, 2.24) is 4.90 Å². The second-order valence-electron chi connectivity index (χ2n) is 7.99. The summed E-state index contributed by atoms with van der Waals surface area (Å²) >= 11 is 0. The molecule has 0 aromatic heterocycles. The molecule has 3 unspecified atom stereocenters. The maximum Gasteiger partial charge on any atom is 0.394 e. The predicted octanol–water partition coefficient (Wildman–Crippen LogP) is 3.02. The average Bonchev–Trinajstić information content (AvgIpc) is 2.59. The van der Waals surface area contributed by atoms with Crippen LogP contribution in [-0.4, -0.2) is 40.3 Å². The van der Waals surface area contributed by atoms with Crippen LogP contribution in [0.1, 0.15) is 70.6 Å². The van der Waals surface area contributed by atoms with Gasteiger partial charge in [0.05, 0.1) is 6.04 Å². The molecule has 3 saturated carbocycles. The number of carbonyl (C=O) groups excluding carboxylic acids is 2. The van der Waals surface area contributed by atoms with Crippen LogP contribution in [0.3, 0.4) is 0 Å². The summed E-state index contributed by atoms with van der Waals surface area (Å²) in [6.07, 6.45) is 11.4. The maximum atomic E-state index is 12.7. The molecule has 5 heteroatoms. The summed E-state index contributed by atoms with van der Waals surface area (Å²) < 4.78 is 0. The number of amides is 1. The van der Waals surface area contributed by atoms with Crippen LogP contribution in [0.4, 0.5) is 0 Å². The normalized spacial score (nSPS) is 31.3. The molecule has 0 saturated heterocycles. The van der Waals surface area contributed by atoms with Crippen molar-refractivity contribution in [2.75, 3.05) is 6.54 Å². The van der Waals surface area contributed by atoms with Crippen molar-refractivity contribution in [2.45, 2.75) is 76.7 Å². The van der Waals surface area contributed by atoms with Gasteiger partial charge in [0, 0.05) is 13.0 Å². The van der Waals surface area contributed by atoms with Crippen LogP contribution in [0.2, 0.25) is 0 Å². The van der Waals surface area contributed by atoms with Gasteiger partial charge in [-0.3, -0.25) is 9.59 Å². The number of hydrogen-bond acceptors (Lipinski definition) is 3. The zero-order chi connectivity index (χ0) is 17.1.